The molecule has 0 unspecified atom stereocenters. The highest BCUT2D eigenvalue weighted by molar-refractivity contribution is 6.09. The molecule has 0 radical (unpaired) electrons. The smallest absolute Gasteiger partial charge is 0.319 e. The van der Waals surface area contributed by atoms with E-state index in [-0.39, 0.29) is 0 Å². The van der Waals surface area contributed by atoms with Gasteiger partial charge >= 0.3 is 5.97 Å². The van der Waals surface area contributed by atoms with Crippen LogP contribution in [0.2, 0.25) is 0 Å². The quantitative estimate of drug-likeness (QED) is 0.810. The summed E-state index contributed by atoms with van der Waals surface area (Å²) < 4.78 is 13.1. The summed E-state index contributed by atoms with van der Waals surface area (Å²) in [5, 5.41) is 11.6. The molecule has 0 bridgehead atoms. The van der Waals surface area contributed by atoms with Crippen LogP contribution in [0.25, 0.3) is 0 Å². The number of anilines is 1. The number of amides is 1. The zero-order valence-electron chi connectivity index (χ0n) is 10.00. The predicted octanol–water partition coefficient (Wildman–Crippen LogP) is 2.33. The maximum atomic E-state index is 13.1. The van der Waals surface area contributed by atoms with Crippen molar-refractivity contribution in [3.63, 3.8) is 0 Å². The van der Waals surface area contributed by atoms with Crippen molar-refractivity contribution in [2.45, 2.75) is 26.2 Å². The summed E-state index contributed by atoms with van der Waals surface area (Å²) in [6, 6.07) is 4.03. The Kier molecular flexibility index (Phi) is 3.07. The second kappa shape index (κ2) is 4.40. The van der Waals surface area contributed by atoms with Crippen molar-refractivity contribution in [2.75, 3.05) is 5.32 Å². The van der Waals surface area contributed by atoms with Crippen LogP contribution in [0.15, 0.2) is 18.2 Å². The van der Waals surface area contributed by atoms with Crippen molar-refractivity contribution < 1.29 is 19.1 Å². The number of hydrogen-bond donors (Lipinski definition) is 2. The molecule has 0 saturated heterocycles. The number of carbonyl (C=O) groups is 2. The minimum atomic E-state index is -1.33. The first-order chi connectivity index (χ1) is 8.45. The molecule has 5 heteroatoms. The first-order valence-corrected chi connectivity index (χ1v) is 5.77. The number of aliphatic carboxylic acids is 1. The maximum absolute atomic E-state index is 13.1. The number of aryl methyl sites for hydroxylation is 1. The molecule has 0 spiro atoms. The molecule has 18 heavy (non-hydrogen) atoms. The van der Waals surface area contributed by atoms with E-state index in [1.165, 1.54) is 12.1 Å². The van der Waals surface area contributed by atoms with Gasteiger partial charge in [-0.15, -0.1) is 0 Å². The van der Waals surface area contributed by atoms with Gasteiger partial charge in [0.05, 0.1) is 0 Å². The van der Waals surface area contributed by atoms with Gasteiger partial charge in [-0.3, -0.25) is 9.59 Å². The van der Waals surface area contributed by atoms with Gasteiger partial charge < -0.3 is 10.4 Å². The third-order valence-corrected chi connectivity index (χ3v) is 3.50. The van der Waals surface area contributed by atoms with Crippen molar-refractivity contribution in [1.29, 1.82) is 0 Å². The van der Waals surface area contributed by atoms with Gasteiger partial charge in [0.15, 0.2) is 0 Å². The Labute approximate surface area is 104 Å². The standard InChI is InChI=1S/C13H14FNO3/c1-8-3-4-9(14)7-10(8)15-11(16)13(12(17)18)5-2-6-13/h3-4,7H,2,5-6H2,1H3,(H,15,16)(H,17,18). The number of nitrogens with one attached hydrogen (secondary N) is 1. The molecular formula is C13H14FNO3. The van der Waals surface area contributed by atoms with Gasteiger partial charge in [0.1, 0.15) is 11.2 Å². The molecule has 4 nitrogen and oxygen atoms in total. The molecule has 0 aliphatic heterocycles. The Morgan fingerprint density at radius 3 is 2.56 bits per heavy atom. The largest absolute Gasteiger partial charge is 0.480 e. The normalized spacial score (nSPS) is 16.8. The Hall–Kier alpha value is -1.91. The Morgan fingerprint density at radius 2 is 2.06 bits per heavy atom. The number of carbonyl (C=O) groups excluding carboxylic acids is 1. The van der Waals surface area contributed by atoms with Crippen molar-refractivity contribution in [1.82, 2.24) is 0 Å². The maximum Gasteiger partial charge on any atom is 0.319 e. The monoisotopic (exact) mass is 251 g/mol. The molecule has 1 aliphatic carbocycles. The number of benzene rings is 1. The van der Waals surface area contributed by atoms with E-state index in [9.17, 15) is 14.0 Å². The van der Waals surface area contributed by atoms with E-state index in [0.29, 0.717) is 24.1 Å². The molecule has 0 aromatic heterocycles. The minimum Gasteiger partial charge on any atom is -0.480 e. The molecule has 1 amide bonds. The first kappa shape index (κ1) is 12.5. The van der Waals surface area contributed by atoms with Gasteiger partial charge in [-0.25, -0.2) is 4.39 Å². The fourth-order valence-electron chi connectivity index (χ4n) is 2.04. The number of hydrogen-bond acceptors (Lipinski definition) is 2. The van der Waals surface area contributed by atoms with Crippen LogP contribution in [0.4, 0.5) is 10.1 Å². The van der Waals surface area contributed by atoms with Gasteiger partial charge in [-0.05, 0) is 37.5 Å². The summed E-state index contributed by atoms with van der Waals surface area (Å²) in [5.41, 5.74) is -0.309. The van der Waals surface area contributed by atoms with Crippen LogP contribution in [0.5, 0.6) is 0 Å². The van der Waals surface area contributed by atoms with Crippen LogP contribution < -0.4 is 5.32 Å². The molecule has 2 N–H and O–H groups in total. The van der Waals surface area contributed by atoms with E-state index in [1.807, 2.05) is 0 Å². The van der Waals surface area contributed by atoms with Crippen molar-refractivity contribution in [2.24, 2.45) is 5.41 Å². The summed E-state index contributed by atoms with van der Waals surface area (Å²) in [7, 11) is 0. The van der Waals surface area contributed by atoms with E-state index >= 15 is 0 Å². The lowest BCUT2D eigenvalue weighted by Crippen LogP contribution is -2.48. The topological polar surface area (TPSA) is 66.4 Å². The van der Waals surface area contributed by atoms with Crippen LogP contribution in [0.1, 0.15) is 24.8 Å². The lowest BCUT2D eigenvalue weighted by molar-refractivity contribution is -0.159. The van der Waals surface area contributed by atoms with Gasteiger partial charge in [-0.2, -0.15) is 0 Å². The second-order valence-corrected chi connectivity index (χ2v) is 4.65. The average molecular weight is 251 g/mol. The molecule has 0 heterocycles. The van der Waals surface area contributed by atoms with E-state index in [0.717, 1.165) is 6.42 Å². The first-order valence-electron chi connectivity index (χ1n) is 5.77. The summed E-state index contributed by atoms with van der Waals surface area (Å²) in [6.07, 6.45) is 1.40. The van der Waals surface area contributed by atoms with Gasteiger partial charge in [0.2, 0.25) is 5.91 Å². The second-order valence-electron chi connectivity index (χ2n) is 4.65. The molecule has 1 aromatic carbocycles. The van der Waals surface area contributed by atoms with Crippen molar-refractivity contribution >= 4 is 17.6 Å². The van der Waals surface area contributed by atoms with Crippen molar-refractivity contribution in [3.05, 3.63) is 29.6 Å². The summed E-state index contributed by atoms with van der Waals surface area (Å²) >= 11 is 0. The molecule has 1 aliphatic rings. The molecule has 96 valence electrons. The van der Waals surface area contributed by atoms with Crippen molar-refractivity contribution in [3.8, 4) is 0 Å². The van der Waals surface area contributed by atoms with Gasteiger partial charge in [0, 0.05) is 5.69 Å². The Balaban J connectivity index is 2.21. The minimum absolute atomic E-state index is 0.326. The number of carboxylic acid groups (broad SMARTS) is 1. The predicted molar refractivity (Wildman–Crippen MR) is 63.7 cm³/mol. The number of rotatable bonds is 3. The van der Waals surface area contributed by atoms with Crippen LogP contribution in [-0.4, -0.2) is 17.0 Å². The Morgan fingerprint density at radius 1 is 1.39 bits per heavy atom. The molecule has 1 saturated carbocycles. The molecule has 1 fully saturated rings. The zero-order valence-corrected chi connectivity index (χ0v) is 10.00. The highest BCUT2D eigenvalue weighted by Gasteiger charge is 2.51. The molecule has 1 aromatic rings. The molecular weight excluding hydrogens is 237 g/mol. The third-order valence-electron chi connectivity index (χ3n) is 3.50. The summed E-state index contributed by atoms with van der Waals surface area (Å²) in [6.45, 7) is 1.73. The fourth-order valence-corrected chi connectivity index (χ4v) is 2.04. The summed E-state index contributed by atoms with van der Waals surface area (Å²) in [5.74, 6) is -2.14. The lowest BCUT2D eigenvalue weighted by atomic mass is 9.68. The average Bonchev–Trinajstić information content (AvgIpc) is 2.21. The zero-order chi connectivity index (χ0) is 13.3. The summed E-state index contributed by atoms with van der Waals surface area (Å²) in [4.78, 5) is 23.2. The van der Waals surface area contributed by atoms with Gasteiger partial charge in [0.25, 0.3) is 0 Å². The molecule has 2 rings (SSSR count). The van der Waals surface area contributed by atoms with Crippen LogP contribution >= 0.6 is 0 Å². The Bertz CT molecular complexity index is 509. The van der Waals surface area contributed by atoms with E-state index in [1.54, 1.807) is 13.0 Å². The SMILES string of the molecule is Cc1ccc(F)cc1NC(=O)C1(C(=O)O)CCC1. The highest BCUT2D eigenvalue weighted by Crippen LogP contribution is 2.42. The fraction of sp³-hybridized carbons (Fsp3) is 0.385. The van der Waals surface area contributed by atoms with E-state index in [4.69, 9.17) is 5.11 Å². The van der Waals surface area contributed by atoms with Crippen LogP contribution in [0.3, 0.4) is 0 Å². The number of carboxylic acids is 1. The number of halogens is 1. The van der Waals surface area contributed by atoms with Gasteiger partial charge in [-0.1, -0.05) is 12.5 Å². The van der Waals surface area contributed by atoms with Crippen LogP contribution in [-0.2, 0) is 9.59 Å². The van der Waals surface area contributed by atoms with E-state index < -0.39 is 23.1 Å². The molecule has 0 atom stereocenters. The van der Waals surface area contributed by atoms with Crippen LogP contribution in [0, 0.1) is 18.2 Å². The highest BCUT2D eigenvalue weighted by atomic mass is 19.1. The third kappa shape index (κ3) is 1.96. The van der Waals surface area contributed by atoms with E-state index in [2.05, 4.69) is 5.32 Å². The lowest BCUT2D eigenvalue weighted by Gasteiger charge is -2.35.